The number of carbonyl (C=O) groups is 1. The van der Waals surface area contributed by atoms with Crippen molar-refractivity contribution in [3.63, 3.8) is 0 Å². The summed E-state index contributed by atoms with van der Waals surface area (Å²) in [6.07, 6.45) is 0. The first-order chi connectivity index (χ1) is 9.15. The third kappa shape index (κ3) is 1.96. The molecule has 0 aromatic heterocycles. The molecule has 0 bridgehead atoms. The Hall–Kier alpha value is -2.31. The molecule has 0 saturated heterocycles. The van der Waals surface area contributed by atoms with Crippen LogP contribution in [0.5, 0.6) is 11.5 Å². The maximum Gasteiger partial charge on any atom is 0.340 e. The Kier molecular flexibility index (Phi) is 3.55. The van der Waals surface area contributed by atoms with E-state index >= 15 is 0 Å². The standard InChI is InChI=1S/C12H17N3O4/c1-13-7-6(12(16)17)8(14-2)10-11(9(7)15-3)19-5-4-18-10/h13-15H,4-5H2,1-3H3,(H,16,17). The van der Waals surface area contributed by atoms with Crippen LogP contribution in [0.4, 0.5) is 17.1 Å². The number of hydrogen-bond donors (Lipinski definition) is 4. The molecule has 104 valence electrons. The van der Waals surface area contributed by atoms with Crippen LogP contribution in [0.15, 0.2) is 0 Å². The lowest BCUT2D eigenvalue weighted by molar-refractivity contribution is 0.0698. The number of rotatable bonds is 4. The maximum atomic E-state index is 11.5. The molecule has 0 fully saturated rings. The molecule has 0 atom stereocenters. The van der Waals surface area contributed by atoms with E-state index in [2.05, 4.69) is 16.0 Å². The van der Waals surface area contributed by atoms with Crippen LogP contribution in [0.3, 0.4) is 0 Å². The summed E-state index contributed by atoms with van der Waals surface area (Å²) in [4.78, 5) is 11.5. The number of hydrogen-bond acceptors (Lipinski definition) is 6. The molecule has 1 aromatic carbocycles. The summed E-state index contributed by atoms with van der Waals surface area (Å²) in [6.45, 7) is 0.823. The van der Waals surface area contributed by atoms with Gasteiger partial charge < -0.3 is 30.5 Å². The van der Waals surface area contributed by atoms with Crippen LogP contribution < -0.4 is 25.4 Å². The van der Waals surface area contributed by atoms with E-state index in [9.17, 15) is 9.90 Å². The fraction of sp³-hybridized carbons (Fsp3) is 0.417. The molecule has 0 unspecified atom stereocenters. The van der Waals surface area contributed by atoms with Crippen molar-refractivity contribution in [3.8, 4) is 11.5 Å². The first kappa shape index (κ1) is 13.1. The second-order valence-electron chi connectivity index (χ2n) is 3.91. The van der Waals surface area contributed by atoms with Gasteiger partial charge in [-0.25, -0.2) is 4.79 Å². The van der Waals surface area contributed by atoms with Gasteiger partial charge in [0.2, 0.25) is 0 Å². The molecule has 7 heteroatoms. The number of carboxylic acid groups (broad SMARTS) is 1. The van der Waals surface area contributed by atoms with Gasteiger partial charge in [-0.1, -0.05) is 0 Å². The quantitative estimate of drug-likeness (QED) is 0.653. The van der Waals surface area contributed by atoms with Gasteiger partial charge in [0.15, 0.2) is 11.5 Å². The third-order valence-electron chi connectivity index (χ3n) is 2.95. The third-order valence-corrected chi connectivity index (χ3v) is 2.95. The Balaban J connectivity index is 2.82. The molecule has 1 aliphatic heterocycles. The first-order valence-corrected chi connectivity index (χ1v) is 5.91. The Morgan fingerprint density at radius 3 is 1.84 bits per heavy atom. The Labute approximate surface area is 110 Å². The Bertz CT molecular complexity index is 491. The summed E-state index contributed by atoms with van der Waals surface area (Å²) in [7, 11) is 5.02. The zero-order valence-corrected chi connectivity index (χ0v) is 11.1. The van der Waals surface area contributed by atoms with Gasteiger partial charge in [-0.05, 0) is 0 Å². The number of aromatic carboxylic acids is 1. The van der Waals surface area contributed by atoms with E-state index in [0.717, 1.165) is 0 Å². The van der Waals surface area contributed by atoms with Crippen molar-refractivity contribution in [1.29, 1.82) is 0 Å². The predicted molar refractivity (Wildman–Crippen MR) is 73.0 cm³/mol. The average Bonchev–Trinajstić information content (AvgIpc) is 2.44. The molecule has 1 aromatic rings. The Morgan fingerprint density at radius 1 is 0.947 bits per heavy atom. The van der Waals surface area contributed by atoms with Crippen LogP contribution in [0.2, 0.25) is 0 Å². The lowest BCUT2D eigenvalue weighted by Gasteiger charge is -2.27. The van der Waals surface area contributed by atoms with Gasteiger partial charge in [0.05, 0.1) is 11.4 Å². The average molecular weight is 267 g/mol. The summed E-state index contributed by atoms with van der Waals surface area (Å²) in [5, 5.41) is 18.2. The first-order valence-electron chi connectivity index (χ1n) is 5.91. The molecule has 19 heavy (non-hydrogen) atoms. The molecule has 1 heterocycles. The molecule has 2 rings (SSSR count). The van der Waals surface area contributed by atoms with Crippen molar-refractivity contribution in [1.82, 2.24) is 0 Å². The van der Waals surface area contributed by atoms with E-state index in [1.807, 2.05) is 0 Å². The summed E-state index contributed by atoms with van der Waals surface area (Å²) in [6, 6.07) is 0. The number of carboxylic acids is 1. The van der Waals surface area contributed by atoms with Crippen LogP contribution in [0.25, 0.3) is 0 Å². The van der Waals surface area contributed by atoms with Crippen molar-refractivity contribution in [2.45, 2.75) is 0 Å². The number of benzene rings is 1. The number of ether oxygens (including phenoxy) is 2. The van der Waals surface area contributed by atoms with Crippen molar-refractivity contribution >= 4 is 23.0 Å². The highest BCUT2D eigenvalue weighted by Gasteiger charge is 2.30. The number of fused-ring (bicyclic) bond motifs is 1. The summed E-state index contributed by atoms with van der Waals surface area (Å²) >= 11 is 0. The molecular formula is C12H17N3O4. The van der Waals surface area contributed by atoms with Gasteiger partial charge in [-0.3, -0.25) is 0 Å². The normalized spacial score (nSPS) is 12.8. The minimum absolute atomic E-state index is 0.124. The monoisotopic (exact) mass is 267 g/mol. The van der Waals surface area contributed by atoms with Crippen LogP contribution in [-0.4, -0.2) is 45.4 Å². The smallest absolute Gasteiger partial charge is 0.340 e. The molecule has 0 amide bonds. The zero-order valence-electron chi connectivity index (χ0n) is 11.1. The minimum atomic E-state index is -1.04. The van der Waals surface area contributed by atoms with E-state index in [1.165, 1.54) is 0 Å². The molecule has 7 nitrogen and oxygen atoms in total. The maximum absolute atomic E-state index is 11.5. The van der Waals surface area contributed by atoms with E-state index in [-0.39, 0.29) is 5.56 Å². The van der Waals surface area contributed by atoms with Gasteiger partial charge in [-0.2, -0.15) is 0 Å². The predicted octanol–water partition coefficient (Wildman–Crippen LogP) is 1.28. The fourth-order valence-corrected chi connectivity index (χ4v) is 2.21. The van der Waals surface area contributed by atoms with Crippen LogP contribution in [-0.2, 0) is 0 Å². The molecule has 0 saturated carbocycles. The van der Waals surface area contributed by atoms with Gasteiger partial charge in [0.1, 0.15) is 24.5 Å². The number of nitrogens with one attached hydrogen (secondary N) is 3. The highest BCUT2D eigenvalue weighted by atomic mass is 16.6. The van der Waals surface area contributed by atoms with Crippen molar-refractivity contribution in [2.75, 3.05) is 50.3 Å². The minimum Gasteiger partial charge on any atom is -0.484 e. The van der Waals surface area contributed by atoms with Crippen molar-refractivity contribution in [3.05, 3.63) is 5.56 Å². The van der Waals surface area contributed by atoms with Gasteiger partial charge in [0.25, 0.3) is 0 Å². The van der Waals surface area contributed by atoms with Crippen molar-refractivity contribution < 1.29 is 19.4 Å². The molecule has 0 spiro atoms. The SMILES string of the molecule is CNc1c(NC)c(C(=O)O)c(NC)c2c1OCCO2. The van der Waals surface area contributed by atoms with Crippen LogP contribution in [0.1, 0.15) is 10.4 Å². The largest absolute Gasteiger partial charge is 0.484 e. The summed E-state index contributed by atoms with van der Waals surface area (Å²) in [5.41, 5.74) is 1.57. The topological polar surface area (TPSA) is 91.9 Å². The number of anilines is 3. The lowest BCUT2D eigenvalue weighted by Crippen LogP contribution is -2.20. The highest BCUT2D eigenvalue weighted by molar-refractivity contribution is 6.07. The van der Waals surface area contributed by atoms with E-state index in [4.69, 9.17) is 9.47 Å². The molecular weight excluding hydrogens is 250 g/mol. The molecule has 0 radical (unpaired) electrons. The molecule has 0 aliphatic carbocycles. The molecule has 4 N–H and O–H groups in total. The van der Waals surface area contributed by atoms with Gasteiger partial charge in [-0.15, -0.1) is 0 Å². The lowest BCUT2D eigenvalue weighted by atomic mass is 10.1. The van der Waals surface area contributed by atoms with Gasteiger partial charge >= 0.3 is 5.97 Å². The molecule has 1 aliphatic rings. The fourth-order valence-electron chi connectivity index (χ4n) is 2.21. The van der Waals surface area contributed by atoms with E-state index < -0.39 is 5.97 Å². The van der Waals surface area contributed by atoms with Crippen LogP contribution >= 0.6 is 0 Å². The Morgan fingerprint density at radius 2 is 1.42 bits per heavy atom. The highest BCUT2D eigenvalue weighted by Crippen LogP contribution is 2.50. The zero-order chi connectivity index (χ0) is 14.0. The van der Waals surface area contributed by atoms with Crippen molar-refractivity contribution in [2.24, 2.45) is 0 Å². The second-order valence-corrected chi connectivity index (χ2v) is 3.91. The van der Waals surface area contributed by atoms with E-state index in [1.54, 1.807) is 21.1 Å². The second kappa shape index (κ2) is 5.13. The van der Waals surface area contributed by atoms with E-state index in [0.29, 0.717) is 41.8 Å². The summed E-state index contributed by atoms with van der Waals surface area (Å²) in [5.74, 6) is -0.0934. The van der Waals surface area contributed by atoms with Gasteiger partial charge in [0, 0.05) is 21.1 Å². The van der Waals surface area contributed by atoms with Crippen LogP contribution in [0, 0.1) is 0 Å². The summed E-state index contributed by atoms with van der Waals surface area (Å²) < 4.78 is 11.2.